The van der Waals surface area contributed by atoms with Gasteiger partial charge in [0, 0.05) is 12.1 Å². The van der Waals surface area contributed by atoms with Crippen LogP contribution in [-0.2, 0) is 0 Å². The van der Waals surface area contributed by atoms with Crippen LogP contribution < -0.4 is 5.73 Å². The average Bonchev–Trinajstić information content (AvgIpc) is 2.51. The molecule has 2 nitrogen and oxygen atoms in total. The van der Waals surface area contributed by atoms with E-state index in [0.29, 0.717) is 11.5 Å². The molecule has 1 aliphatic carbocycles. The molecule has 2 heteroatoms. The summed E-state index contributed by atoms with van der Waals surface area (Å²) in [7, 11) is 0. The van der Waals surface area contributed by atoms with E-state index in [0.717, 1.165) is 0 Å². The summed E-state index contributed by atoms with van der Waals surface area (Å²) in [5, 5.41) is 0. The highest BCUT2D eigenvalue weighted by atomic mass is 15.2. The number of hydrogen-bond donors (Lipinski definition) is 1. The number of piperidine rings is 1. The van der Waals surface area contributed by atoms with Gasteiger partial charge in [-0.2, -0.15) is 0 Å². The molecule has 2 fully saturated rings. The molecule has 116 valence electrons. The minimum absolute atomic E-state index is 0.188. The second-order valence-electron chi connectivity index (χ2n) is 7.31. The standard InChI is InChI=1S/C19H30N2/c1-16(20)18(17-8-4-2-5-9-17)21-14-12-19(13-15-21)10-6-3-7-11-19/h2,4-5,8-9,16,18H,3,6-7,10-15,20H2,1H3. The molecule has 1 aromatic rings. The predicted molar refractivity (Wildman–Crippen MR) is 89.2 cm³/mol. The molecule has 1 saturated carbocycles. The molecule has 3 rings (SSSR count). The number of hydrogen-bond acceptors (Lipinski definition) is 2. The van der Waals surface area contributed by atoms with Gasteiger partial charge in [-0.05, 0) is 56.7 Å². The number of rotatable bonds is 3. The first kappa shape index (κ1) is 15.1. The fourth-order valence-electron chi connectivity index (χ4n) is 4.58. The fraction of sp³-hybridized carbons (Fsp3) is 0.684. The molecule has 21 heavy (non-hydrogen) atoms. The molecule has 2 N–H and O–H groups in total. The molecule has 1 aromatic carbocycles. The Kier molecular flexibility index (Phi) is 4.66. The zero-order valence-corrected chi connectivity index (χ0v) is 13.4. The lowest BCUT2D eigenvalue weighted by atomic mass is 9.68. The Labute approximate surface area is 129 Å². The van der Waals surface area contributed by atoms with Crippen LogP contribution in [0, 0.1) is 5.41 Å². The van der Waals surface area contributed by atoms with Crippen LogP contribution in [0.3, 0.4) is 0 Å². The number of benzene rings is 1. The molecule has 0 amide bonds. The van der Waals surface area contributed by atoms with Crippen molar-refractivity contribution in [3.63, 3.8) is 0 Å². The van der Waals surface area contributed by atoms with E-state index in [1.165, 1.54) is 63.6 Å². The van der Waals surface area contributed by atoms with Crippen LogP contribution in [0.25, 0.3) is 0 Å². The molecule has 0 radical (unpaired) electrons. The summed E-state index contributed by atoms with van der Waals surface area (Å²) in [4.78, 5) is 2.64. The molecule has 1 aliphatic heterocycles. The van der Waals surface area contributed by atoms with Gasteiger partial charge in [0.15, 0.2) is 0 Å². The molecule has 1 heterocycles. The smallest absolute Gasteiger partial charge is 0.0496 e. The van der Waals surface area contributed by atoms with Crippen LogP contribution >= 0.6 is 0 Å². The van der Waals surface area contributed by atoms with Crippen molar-refractivity contribution in [1.82, 2.24) is 4.90 Å². The van der Waals surface area contributed by atoms with Gasteiger partial charge in [0.05, 0.1) is 0 Å². The van der Waals surface area contributed by atoms with Crippen molar-refractivity contribution in [3.8, 4) is 0 Å². The third-order valence-corrected chi connectivity index (χ3v) is 5.81. The van der Waals surface area contributed by atoms with E-state index < -0.39 is 0 Å². The first-order valence-electron chi connectivity index (χ1n) is 8.75. The third-order valence-electron chi connectivity index (χ3n) is 5.81. The van der Waals surface area contributed by atoms with Crippen molar-refractivity contribution >= 4 is 0 Å². The summed E-state index contributed by atoms with van der Waals surface area (Å²) in [6.07, 6.45) is 10.1. The van der Waals surface area contributed by atoms with E-state index in [2.05, 4.69) is 42.2 Å². The van der Waals surface area contributed by atoms with Gasteiger partial charge in [0.2, 0.25) is 0 Å². The Morgan fingerprint density at radius 2 is 1.57 bits per heavy atom. The van der Waals surface area contributed by atoms with E-state index in [1.807, 2.05) is 0 Å². The van der Waals surface area contributed by atoms with Crippen LogP contribution in [0.4, 0.5) is 0 Å². The highest BCUT2D eigenvalue weighted by molar-refractivity contribution is 5.20. The van der Waals surface area contributed by atoms with Crippen LogP contribution in [0.5, 0.6) is 0 Å². The third kappa shape index (κ3) is 3.32. The topological polar surface area (TPSA) is 29.3 Å². The molecule has 2 atom stereocenters. The summed E-state index contributed by atoms with van der Waals surface area (Å²) < 4.78 is 0. The second kappa shape index (κ2) is 6.50. The summed E-state index contributed by atoms with van der Waals surface area (Å²) in [6.45, 7) is 4.60. The Balaban J connectivity index is 1.69. The van der Waals surface area contributed by atoms with Gasteiger partial charge in [0.1, 0.15) is 0 Å². The maximum Gasteiger partial charge on any atom is 0.0496 e. The first-order valence-corrected chi connectivity index (χ1v) is 8.75. The van der Waals surface area contributed by atoms with Crippen LogP contribution in [0.2, 0.25) is 0 Å². The highest BCUT2D eigenvalue weighted by Crippen LogP contribution is 2.45. The number of nitrogens with zero attached hydrogens (tertiary/aromatic N) is 1. The minimum atomic E-state index is 0.188. The lowest BCUT2D eigenvalue weighted by Gasteiger charge is -2.47. The van der Waals surface area contributed by atoms with E-state index in [1.54, 1.807) is 0 Å². The summed E-state index contributed by atoms with van der Waals surface area (Å²) >= 11 is 0. The molecular formula is C19H30N2. The van der Waals surface area contributed by atoms with E-state index in [-0.39, 0.29) is 6.04 Å². The zero-order chi connectivity index (χ0) is 14.7. The molecule has 1 saturated heterocycles. The summed E-state index contributed by atoms with van der Waals surface area (Å²) in [5.74, 6) is 0. The maximum absolute atomic E-state index is 6.33. The van der Waals surface area contributed by atoms with Crippen molar-refractivity contribution in [1.29, 1.82) is 0 Å². The Morgan fingerprint density at radius 1 is 0.952 bits per heavy atom. The molecule has 0 bridgehead atoms. The van der Waals surface area contributed by atoms with Gasteiger partial charge in [-0.1, -0.05) is 49.6 Å². The van der Waals surface area contributed by atoms with Gasteiger partial charge in [-0.3, -0.25) is 4.90 Å². The van der Waals surface area contributed by atoms with Gasteiger partial charge in [-0.15, -0.1) is 0 Å². The van der Waals surface area contributed by atoms with Crippen molar-refractivity contribution in [3.05, 3.63) is 35.9 Å². The molecule has 1 spiro atoms. The van der Waals surface area contributed by atoms with Crippen molar-refractivity contribution in [2.24, 2.45) is 11.1 Å². The van der Waals surface area contributed by atoms with Crippen molar-refractivity contribution < 1.29 is 0 Å². The monoisotopic (exact) mass is 286 g/mol. The Bertz CT molecular complexity index is 424. The molecule has 2 aliphatic rings. The zero-order valence-electron chi connectivity index (χ0n) is 13.4. The van der Waals surface area contributed by atoms with Gasteiger partial charge >= 0.3 is 0 Å². The first-order chi connectivity index (χ1) is 10.2. The largest absolute Gasteiger partial charge is 0.326 e. The van der Waals surface area contributed by atoms with E-state index in [4.69, 9.17) is 5.73 Å². The maximum atomic E-state index is 6.33. The van der Waals surface area contributed by atoms with Gasteiger partial charge in [-0.25, -0.2) is 0 Å². The van der Waals surface area contributed by atoms with Gasteiger partial charge in [0.25, 0.3) is 0 Å². The Hall–Kier alpha value is -0.860. The summed E-state index contributed by atoms with van der Waals surface area (Å²) in [5.41, 5.74) is 8.38. The van der Waals surface area contributed by atoms with Crippen LogP contribution in [-0.4, -0.2) is 24.0 Å². The molecular weight excluding hydrogens is 256 g/mol. The van der Waals surface area contributed by atoms with Crippen LogP contribution in [0.1, 0.15) is 63.5 Å². The predicted octanol–water partition coefficient (Wildman–Crippen LogP) is 4.12. The lowest BCUT2D eigenvalue weighted by molar-refractivity contribution is 0.0392. The van der Waals surface area contributed by atoms with E-state index >= 15 is 0 Å². The molecule has 2 unspecified atom stereocenters. The second-order valence-corrected chi connectivity index (χ2v) is 7.31. The highest BCUT2D eigenvalue weighted by Gasteiger charge is 2.37. The van der Waals surface area contributed by atoms with Crippen LogP contribution in [0.15, 0.2) is 30.3 Å². The number of likely N-dealkylation sites (tertiary alicyclic amines) is 1. The molecule has 0 aromatic heterocycles. The lowest BCUT2D eigenvalue weighted by Crippen LogP contribution is -2.47. The normalized spacial score (nSPS) is 25.6. The average molecular weight is 286 g/mol. The SMILES string of the molecule is CC(N)C(c1ccccc1)N1CCC2(CCCCC2)CC1. The minimum Gasteiger partial charge on any atom is -0.326 e. The quantitative estimate of drug-likeness (QED) is 0.905. The van der Waals surface area contributed by atoms with Crippen molar-refractivity contribution in [2.45, 2.75) is 64.0 Å². The van der Waals surface area contributed by atoms with Gasteiger partial charge < -0.3 is 5.73 Å². The van der Waals surface area contributed by atoms with E-state index in [9.17, 15) is 0 Å². The van der Waals surface area contributed by atoms with Crippen molar-refractivity contribution in [2.75, 3.05) is 13.1 Å². The fourth-order valence-corrected chi connectivity index (χ4v) is 4.58. The number of nitrogens with two attached hydrogens (primary N) is 1. The Morgan fingerprint density at radius 3 is 2.14 bits per heavy atom. The summed E-state index contributed by atoms with van der Waals surface area (Å²) in [6, 6.07) is 11.4.